The number of hydrogen-bond donors (Lipinski definition) is 4. The summed E-state index contributed by atoms with van der Waals surface area (Å²) >= 11 is 9.49. The van der Waals surface area contributed by atoms with Crippen LogP contribution in [-0.4, -0.2) is 289 Å². The number of rotatable bonds is 84. The molecule has 4 N–H and O–H groups in total. The van der Waals surface area contributed by atoms with Crippen LogP contribution >= 0.6 is 95.2 Å². The van der Waals surface area contributed by atoms with Gasteiger partial charge in [-0.1, -0.05) is 26.3 Å². The monoisotopic (exact) mass is 1790 g/mol. The fraction of sp³-hybridized carbons (Fsp3) is 0.582. The Bertz CT molecular complexity index is 1970. The van der Waals surface area contributed by atoms with Crippen molar-refractivity contribution in [2.24, 2.45) is 0 Å². The Morgan fingerprint density at radius 2 is 0.549 bits per heavy atom. The van der Waals surface area contributed by atoms with Crippen molar-refractivity contribution in [3.63, 3.8) is 0 Å². The molecule has 6 atom stereocenters. The Labute approximate surface area is 699 Å². The number of carboxylic acid groups (broad SMARTS) is 4. The minimum atomic E-state index is -1.09. The lowest BCUT2D eigenvalue weighted by molar-refractivity contribution is -0.589. The predicted molar refractivity (Wildman–Crippen MR) is 438 cm³/mol. The fourth-order valence-electron chi connectivity index (χ4n) is 5.69. The first-order valence-corrected chi connectivity index (χ1v) is 40.3. The number of hydrogen-bond acceptors (Lipinski definition) is 42. The topological polar surface area (TPSA) is 426 Å². The van der Waals surface area contributed by atoms with Crippen molar-refractivity contribution in [1.82, 2.24) is 0 Å². The maximum atomic E-state index is 10.9. The van der Waals surface area contributed by atoms with E-state index in [9.17, 15) is 19.2 Å². The Morgan fingerprint density at radius 1 is 0.283 bits per heavy atom. The highest BCUT2D eigenvalue weighted by molar-refractivity contribution is 8.03. The Hall–Kier alpha value is -4.28. The highest BCUT2D eigenvalue weighted by atomic mass is 32.2. The van der Waals surface area contributed by atoms with Crippen molar-refractivity contribution in [3.8, 4) is 0 Å². The third kappa shape index (κ3) is 116. The molecule has 6 unspecified atom stereocenters. The lowest BCUT2D eigenvalue weighted by Gasteiger charge is -2.24. The summed E-state index contributed by atoms with van der Waals surface area (Å²) in [7, 11) is 0. The van der Waals surface area contributed by atoms with Crippen molar-refractivity contribution in [2.75, 3.05) is 211 Å². The Morgan fingerprint density at radius 3 is 0.867 bits per heavy atom. The van der Waals surface area contributed by atoms with Crippen LogP contribution in [0.2, 0.25) is 0 Å². The molecule has 46 heteroatoms. The van der Waals surface area contributed by atoms with Gasteiger partial charge >= 0.3 is 23.9 Å². The summed E-state index contributed by atoms with van der Waals surface area (Å²) in [5.74, 6) is -0.490. The van der Waals surface area contributed by atoms with Gasteiger partial charge in [0.15, 0.2) is 0 Å². The van der Waals surface area contributed by atoms with Gasteiger partial charge in [0, 0.05) is 125 Å². The molecule has 0 saturated heterocycles. The van der Waals surface area contributed by atoms with Gasteiger partial charge in [-0.15, -0.1) is 123 Å². The van der Waals surface area contributed by atoms with Gasteiger partial charge in [-0.2, -0.15) is 47.0 Å². The molecule has 0 radical (unpaired) electrons. The predicted octanol–water partition coefficient (Wildman–Crippen LogP) is 11.5. The average Bonchev–Trinajstić information content (AvgIpc) is 0.953. The van der Waals surface area contributed by atoms with E-state index >= 15 is 0 Å². The first-order chi connectivity index (χ1) is 55.4. The maximum Gasteiger partial charge on any atom is 0.329 e. The van der Waals surface area contributed by atoms with E-state index in [1.165, 1.54) is 0 Å². The lowest BCUT2D eigenvalue weighted by Crippen LogP contribution is -2.33. The highest BCUT2D eigenvalue weighted by Crippen LogP contribution is 2.24. The van der Waals surface area contributed by atoms with Gasteiger partial charge in [-0.3, -0.25) is 0 Å². The van der Waals surface area contributed by atoms with Gasteiger partial charge in [0.25, 0.3) is 0 Å². The second kappa shape index (κ2) is 121. The molecule has 664 valence electrons. The van der Waals surface area contributed by atoms with Crippen LogP contribution in [0.5, 0.6) is 0 Å². The van der Waals surface area contributed by atoms with E-state index in [-0.39, 0.29) is 135 Å². The van der Waals surface area contributed by atoms with Crippen LogP contribution in [0.4, 0.5) is 0 Å². The molecular weight excluding hydrogens is 1670 g/mol. The molecule has 38 nitrogen and oxygen atoms in total. The normalized spacial score (nSPS) is 11.7. The summed E-state index contributed by atoms with van der Waals surface area (Å²) in [5, 5.41) is 69.3. The van der Waals surface area contributed by atoms with Crippen molar-refractivity contribution < 1.29 is 183 Å². The summed E-state index contributed by atoms with van der Waals surface area (Å²) in [6.45, 7) is 62.2. The van der Waals surface area contributed by atoms with Crippen LogP contribution in [0.1, 0.15) is 0 Å². The van der Waals surface area contributed by atoms with E-state index in [0.29, 0.717) is 60.9 Å². The average molecular weight is 1790 g/mol. The Kier molecular flexibility index (Phi) is 136. The second-order valence-electron chi connectivity index (χ2n) is 17.1. The molecule has 0 spiro atoms. The van der Waals surface area contributed by atoms with Crippen LogP contribution in [0, 0.1) is 0 Å². The number of carboxylic acids is 4. The van der Waals surface area contributed by atoms with Crippen molar-refractivity contribution >= 4 is 119 Å². The SMILES string of the molecule is C=C.C=C.C=C.C=C.C=C.C=C.C=C.C=C.C=COOOOSCC(COCC(COCOCC(COCC(CSCCOCCOCC(=O)O)SCCOCCOCC(=O)O)OCC(CSCCOCCOCC(=O)O)SCCOCCOCC(=O)O)OCC(CSOOOOC=C)SOOOOC=C)SOOOOC=C. The first-order valence-electron chi connectivity index (χ1n) is 32.5. The minimum absolute atomic E-state index is 0.0209. The maximum absolute atomic E-state index is 10.9. The van der Waals surface area contributed by atoms with Gasteiger partial charge in [-0.25, -0.2) is 19.2 Å². The number of thioether (sulfide) groups is 4. The quantitative estimate of drug-likeness (QED) is 0.00835. The van der Waals surface area contributed by atoms with E-state index in [0.717, 1.165) is 73.2 Å². The number of aliphatic carboxylic acids is 4. The van der Waals surface area contributed by atoms with Crippen molar-refractivity contribution in [2.45, 2.75) is 33.2 Å². The van der Waals surface area contributed by atoms with E-state index in [2.05, 4.69) is 191 Å². The number of ether oxygens (including phenoxy) is 14. The van der Waals surface area contributed by atoms with E-state index in [1.807, 2.05) is 0 Å². The fourth-order valence-corrected chi connectivity index (χ4v) is 12.2. The lowest BCUT2D eigenvalue weighted by atomic mass is 10.4. The highest BCUT2D eigenvalue weighted by Gasteiger charge is 2.23. The zero-order valence-electron chi connectivity index (χ0n) is 64.2. The smallest absolute Gasteiger partial charge is 0.329 e. The molecule has 0 aromatic rings. The van der Waals surface area contributed by atoms with Gasteiger partial charge in [0.05, 0.1) is 143 Å². The van der Waals surface area contributed by atoms with Crippen molar-refractivity contribution in [1.29, 1.82) is 0 Å². The van der Waals surface area contributed by atoms with Crippen LogP contribution in [0.3, 0.4) is 0 Å². The van der Waals surface area contributed by atoms with Gasteiger partial charge < -0.3 is 106 Å². The molecule has 0 aromatic heterocycles. The summed E-state index contributed by atoms with van der Waals surface area (Å²) in [5.41, 5.74) is 0. The van der Waals surface area contributed by atoms with Crippen LogP contribution in [-0.2, 0) is 163 Å². The third-order valence-electron chi connectivity index (χ3n) is 9.54. The van der Waals surface area contributed by atoms with E-state index < -0.39 is 73.0 Å². The molecule has 113 heavy (non-hydrogen) atoms. The van der Waals surface area contributed by atoms with Gasteiger partial charge in [-0.05, 0) is 20.2 Å². The summed E-state index contributed by atoms with van der Waals surface area (Å²) in [6, 6.07) is 0. The van der Waals surface area contributed by atoms with Gasteiger partial charge in [0.2, 0.25) is 0 Å². The van der Waals surface area contributed by atoms with Crippen LogP contribution in [0.25, 0.3) is 0 Å². The zero-order chi connectivity index (χ0) is 86.8. The summed E-state index contributed by atoms with van der Waals surface area (Å²) < 4.78 is 100. The van der Waals surface area contributed by atoms with E-state index in [1.54, 1.807) is 47.0 Å². The molecule has 0 heterocycles. The molecule has 0 aliphatic carbocycles. The Balaban J connectivity index is -0.000000902. The largest absolute Gasteiger partial charge is 0.480 e. The second-order valence-corrected chi connectivity index (χ2v) is 25.6. The molecule has 0 amide bonds. The summed E-state index contributed by atoms with van der Waals surface area (Å²) in [4.78, 5) is 61.0. The first kappa shape index (κ1) is 127. The summed E-state index contributed by atoms with van der Waals surface area (Å²) in [6.07, 6.45) is 2.32. The van der Waals surface area contributed by atoms with Gasteiger partial charge in [0.1, 0.15) is 70.5 Å². The van der Waals surface area contributed by atoms with Crippen LogP contribution < -0.4 is 0 Å². The molecule has 0 saturated carbocycles. The molecule has 0 aliphatic heterocycles. The minimum Gasteiger partial charge on any atom is -0.480 e. The standard InChI is InChI=1S/C51H88O38S8.8C2H4/c1-5-74-78-82-86-94-39-46(96-88-84-80-76-7-3)30-69-26-43(73-32-47(97-89-85-81-77-8-4)40-95-87-83-79-75-6-2)28-71-41-70-27-42(72-31-45(93-24-20-63-12-16-67-36-51(58)59)38-91-22-18-61-10-14-65-34-49(54)55)25-68-29-44(92-23-19-62-11-15-66-35-50(56)57)37-90-21-17-60-9-13-64-33-48(52)53;8*1-2/h5-8,42-47H,1-4,9-41H2,(H,52,53)(H,54,55)(H,56,57)(H,58,59);8*1-2H2. The number of carbonyl (C=O) groups is 4. The molecule has 0 bridgehead atoms. The molecular formula is C67H120O38S8. The third-order valence-corrected chi connectivity index (χ3v) is 17.7. The molecule has 0 rings (SSSR count). The molecule has 0 aliphatic rings. The van der Waals surface area contributed by atoms with Crippen molar-refractivity contribution in [3.05, 3.63) is 157 Å². The molecule has 0 fully saturated rings. The van der Waals surface area contributed by atoms with E-state index in [4.69, 9.17) is 104 Å². The zero-order valence-corrected chi connectivity index (χ0v) is 70.7. The molecule has 0 aromatic carbocycles. The van der Waals surface area contributed by atoms with Crippen LogP contribution in [0.15, 0.2) is 157 Å².